The molecule has 0 aliphatic carbocycles. The summed E-state index contributed by atoms with van der Waals surface area (Å²) >= 11 is 1.74. The zero-order valence-electron chi connectivity index (χ0n) is 10.1. The summed E-state index contributed by atoms with van der Waals surface area (Å²) in [5.41, 5.74) is 7.81. The van der Waals surface area contributed by atoms with Crippen molar-refractivity contribution in [1.82, 2.24) is 9.88 Å². The number of piperidine rings is 1. The van der Waals surface area contributed by atoms with Crippen LogP contribution in [-0.4, -0.2) is 29.0 Å². The molecule has 1 saturated heterocycles. The molecule has 3 atom stereocenters. The first-order chi connectivity index (χ1) is 7.72. The molecule has 16 heavy (non-hydrogen) atoms. The number of likely N-dealkylation sites (tertiary alicyclic amines) is 1. The SMILES string of the molecule is CC1CCN(C(C)c2cncs2)C(CN)C1. The lowest BCUT2D eigenvalue weighted by molar-refractivity contribution is 0.0848. The molecule has 0 aromatic carbocycles. The van der Waals surface area contributed by atoms with Gasteiger partial charge in [0.05, 0.1) is 5.51 Å². The lowest BCUT2D eigenvalue weighted by Gasteiger charge is -2.41. The number of thiazole rings is 1. The molecule has 4 heteroatoms. The highest BCUT2D eigenvalue weighted by Crippen LogP contribution is 2.31. The summed E-state index contributed by atoms with van der Waals surface area (Å²) in [7, 11) is 0. The molecule has 1 aromatic heterocycles. The Morgan fingerprint density at radius 3 is 3.12 bits per heavy atom. The normalized spacial score (nSPS) is 29.2. The van der Waals surface area contributed by atoms with Crippen molar-refractivity contribution < 1.29 is 0 Å². The summed E-state index contributed by atoms with van der Waals surface area (Å²) in [6.07, 6.45) is 4.51. The van der Waals surface area contributed by atoms with Crippen LogP contribution in [0.25, 0.3) is 0 Å². The van der Waals surface area contributed by atoms with E-state index >= 15 is 0 Å². The van der Waals surface area contributed by atoms with Gasteiger partial charge in [-0.1, -0.05) is 6.92 Å². The van der Waals surface area contributed by atoms with Crippen LogP contribution in [0.2, 0.25) is 0 Å². The van der Waals surface area contributed by atoms with Gasteiger partial charge < -0.3 is 5.73 Å². The molecular weight excluding hydrogens is 218 g/mol. The van der Waals surface area contributed by atoms with E-state index in [0.717, 1.165) is 12.5 Å². The van der Waals surface area contributed by atoms with Crippen LogP contribution in [0.5, 0.6) is 0 Å². The Kier molecular flexibility index (Phi) is 3.95. The van der Waals surface area contributed by atoms with Crippen molar-refractivity contribution in [3.63, 3.8) is 0 Å². The van der Waals surface area contributed by atoms with E-state index in [-0.39, 0.29) is 0 Å². The first kappa shape index (κ1) is 12.0. The van der Waals surface area contributed by atoms with Crippen LogP contribution in [0.15, 0.2) is 11.7 Å². The maximum atomic E-state index is 5.89. The van der Waals surface area contributed by atoms with Crippen LogP contribution < -0.4 is 5.73 Å². The van der Waals surface area contributed by atoms with E-state index in [1.54, 1.807) is 11.3 Å². The Bertz CT molecular complexity index is 312. The predicted octanol–water partition coefficient (Wildman–Crippen LogP) is 2.26. The Balaban J connectivity index is 2.07. The zero-order chi connectivity index (χ0) is 11.5. The molecule has 1 fully saturated rings. The third-order valence-corrected chi connectivity index (χ3v) is 4.60. The van der Waals surface area contributed by atoms with Crippen molar-refractivity contribution in [3.05, 3.63) is 16.6 Å². The fourth-order valence-electron chi connectivity index (χ4n) is 2.61. The predicted molar refractivity (Wildman–Crippen MR) is 68.5 cm³/mol. The molecule has 0 spiro atoms. The molecule has 0 radical (unpaired) electrons. The smallest absolute Gasteiger partial charge is 0.0794 e. The number of rotatable bonds is 3. The van der Waals surface area contributed by atoms with Crippen LogP contribution in [0.1, 0.15) is 37.6 Å². The molecule has 1 aliphatic rings. The minimum Gasteiger partial charge on any atom is -0.329 e. The van der Waals surface area contributed by atoms with E-state index in [1.807, 2.05) is 11.7 Å². The molecule has 2 rings (SSSR count). The van der Waals surface area contributed by atoms with Gasteiger partial charge in [0.15, 0.2) is 0 Å². The zero-order valence-corrected chi connectivity index (χ0v) is 10.9. The van der Waals surface area contributed by atoms with Gasteiger partial charge in [0, 0.05) is 29.7 Å². The van der Waals surface area contributed by atoms with Crippen molar-refractivity contribution in [2.24, 2.45) is 11.7 Å². The van der Waals surface area contributed by atoms with Gasteiger partial charge >= 0.3 is 0 Å². The van der Waals surface area contributed by atoms with Crippen molar-refractivity contribution in [2.45, 2.75) is 38.8 Å². The monoisotopic (exact) mass is 239 g/mol. The Hall–Kier alpha value is -0.450. The number of hydrogen-bond acceptors (Lipinski definition) is 4. The maximum Gasteiger partial charge on any atom is 0.0794 e. The second kappa shape index (κ2) is 5.25. The molecule has 2 N–H and O–H groups in total. The molecule has 2 heterocycles. The van der Waals surface area contributed by atoms with Crippen molar-refractivity contribution in [3.8, 4) is 0 Å². The highest BCUT2D eigenvalue weighted by Gasteiger charge is 2.29. The van der Waals surface area contributed by atoms with Crippen LogP contribution in [0, 0.1) is 5.92 Å². The molecule has 1 aliphatic heterocycles. The molecule has 3 unspecified atom stereocenters. The van der Waals surface area contributed by atoms with E-state index < -0.39 is 0 Å². The van der Waals surface area contributed by atoms with Gasteiger partial charge in [0.25, 0.3) is 0 Å². The minimum atomic E-state index is 0.466. The Morgan fingerprint density at radius 2 is 2.50 bits per heavy atom. The van der Waals surface area contributed by atoms with E-state index in [0.29, 0.717) is 12.1 Å². The lowest BCUT2D eigenvalue weighted by Crippen LogP contribution is -2.47. The van der Waals surface area contributed by atoms with E-state index in [9.17, 15) is 0 Å². The summed E-state index contributed by atoms with van der Waals surface area (Å²) < 4.78 is 0. The molecule has 0 bridgehead atoms. The minimum absolute atomic E-state index is 0.466. The quantitative estimate of drug-likeness (QED) is 0.880. The van der Waals surface area contributed by atoms with Gasteiger partial charge in [-0.2, -0.15) is 0 Å². The molecule has 90 valence electrons. The number of nitrogens with zero attached hydrogens (tertiary/aromatic N) is 2. The maximum absolute atomic E-state index is 5.89. The largest absolute Gasteiger partial charge is 0.329 e. The number of aromatic nitrogens is 1. The lowest BCUT2D eigenvalue weighted by atomic mass is 9.91. The van der Waals surface area contributed by atoms with Crippen LogP contribution in [0.4, 0.5) is 0 Å². The summed E-state index contributed by atoms with van der Waals surface area (Å²) in [5.74, 6) is 0.818. The van der Waals surface area contributed by atoms with Gasteiger partial charge in [-0.15, -0.1) is 11.3 Å². The van der Waals surface area contributed by atoms with Gasteiger partial charge in [-0.05, 0) is 32.2 Å². The fraction of sp³-hybridized carbons (Fsp3) is 0.750. The molecule has 3 nitrogen and oxygen atoms in total. The molecule has 0 saturated carbocycles. The highest BCUT2D eigenvalue weighted by atomic mass is 32.1. The van der Waals surface area contributed by atoms with Crippen molar-refractivity contribution in [1.29, 1.82) is 0 Å². The Morgan fingerprint density at radius 1 is 1.69 bits per heavy atom. The number of hydrogen-bond donors (Lipinski definition) is 1. The van der Waals surface area contributed by atoms with E-state index in [1.165, 1.54) is 24.3 Å². The Labute approximate surface area is 102 Å². The average molecular weight is 239 g/mol. The summed E-state index contributed by atoms with van der Waals surface area (Å²) in [4.78, 5) is 8.07. The van der Waals surface area contributed by atoms with Crippen LogP contribution in [0.3, 0.4) is 0 Å². The fourth-order valence-corrected chi connectivity index (χ4v) is 3.30. The topological polar surface area (TPSA) is 42.2 Å². The third kappa shape index (κ3) is 2.44. The third-order valence-electron chi connectivity index (χ3n) is 3.66. The van der Waals surface area contributed by atoms with Crippen LogP contribution >= 0.6 is 11.3 Å². The standard InChI is InChI=1S/C12H21N3S/c1-9-3-4-15(11(5-9)6-13)10(2)12-7-14-8-16-12/h7-11H,3-6,13H2,1-2H3. The van der Waals surface area contributed by atoms with Gasteiger partial charge in [-0.3, -0.25) is 9.88 Å². The van der Waals surface area contributed by atoms with Gasteiger partial charge in [-0.25, -0.2) is 0 Å². The molecular formula is C12H21N3S. The van der Waals surface area contributed by atoms with Crippen molar-refractivity contribution in [2.75, 3.05) is 13.1 Å². The van der Waals surface area contributed by atoms with E-state index in [2.05, 4.69) is 23.7 Å². The summed E-state index contributed by atoms with van der Waals surface area (Å²) in [6, 6.07) is 1.01. The highest BCUT2D eigenvalue weighted by molar-refractivity contribution is 7.09. The van der Waals surface area contributed by atoms with E-state index in [4.69, 9.17) is 5.73 Å². The average Bonchev–Trinajstić information content (AvgIpc) is 2.81. The summed E-state index contributed by atoms with van der Waals surface area (Å²) in [5, 5.41) is 0. The van der Waals surface area contributed by atoms with Crippen molar-refractivity contribution >= 4 is 11.3 Å². The van der Waals surface area contributed by atoms with Crippen LogP contribution in [-0.2, 0) is 0 Å². The second-order valence-corrected chi connectivity index (χ2v) is 5.75. The second-order valence-electron chi connectivity index (χ2n) is 4.84. The molecule has 1 aromatic rings. The number of nitrogens with two attached hydrogens (primary N) is 1. The molecule has 0 amide bonds. The first-order valence-corrected chi connectivity index (χ1v) is 6.94. The first-order valence-electron chi connectivity index (χ1n) is 6.06. The van der Waals surface area contributed by atoms with Gasteiger partial charge in [0.2, 0.25) is 0 Å². The van der Waals surface area contributed by atoms with Gasteiger partial charge in [0.1, 0.15) is 0 Å². The summed E-state index contributed by atoms with van der Waals surface area (Å²) in [6.45, 7) is 6.54.